The molecule has 2 rings (SSSR count). The Morgan fingerprint density at radius 3 is 2.68 bits per heavy atom. The number of nitrogens with zero attached hydrogens (tertiary/aromatic N) is 2. The number of anilines is 1. The Balaban J connectivity index is 2.21. The molecule has 1 aromatic heterocycles. The van der Waals surface area contributed by atoms with Gasteiger partial charge in [0, 0.05) is 18.8 Å². The van der Waals surface area contributed by atoms with Crippen LogP contribution in [0.5, 0.6) is 11.5 Å². The van der Waals surface area contributed by atoms with E-state index < -0.39 is 6.61 Å². The minimum atomic E-state index is -2.95. The van der Waals surface area contributed by atoms with Crippen LogP contribution in [0.3, 0.4) is 0 Å². The Morgan fingerprint density at radius 2 is 2.14 bits per heavy atom. The summed E-state index contributed by atoms with van der Waals surface area (Å²) in [5, 5.41) is 6.63. The molecule has 1 amide bonds. The first-order chi connectivity index (χ1) is 10.4. The van der Waals surface area contributed by atoms with Gasteiger partial charge in [0.05, 0.1) is 16.9 Å². The zero-order valence-corrected chi connectivity index (χ0v) is 13.8. The van der Waals surface area contributed by atoms with E-state index in [1.807, 2.05) is 22.6 Å². The number of hydrogen-bond donors (Lipinski definition) is 1. The van der Waals surface area contributed by atoms with Gasteiger partial charge in [-0.2, -0.15) is 13.9 Å². The number of halogens is 3. The molecule has 1 N–H and O–H groups in total. The van der Waals surface area contributed by atoms with E-state index in [2.05, 4.69) is 15.2 Å². The number of benzene rings is 1. The summed E-state index contributed by atoms with van der Waals surface area (Å²) in [6, 6.07) is 4.15. The lowest BCUT2D eigenvalue weighted by molar-refractivity contribution is -0.0512. The fraction of sp³-hybridized carbons (Fsp3) is 0.231. The highest BCUT2D eigenvalue weighted by atomic mass is 127. The standard InChI is InChI=1S/C13H12F2IN3O3/c1-19-11(8(16)6-17-19)12(20)18-7-3-4-9(22-13(14)15)10(5-7)21-2/h3-6,13H,1-2H3,(H,18,20). The fourth-order valence-electron chi connectivity index (χ4n) is 1.80. The first-order valence-corrected chi connectivity index (χ1v) is 7.12. The predicted octanol–water partition coefficient (Wildman–Crippen LogP) is 2.89. The second-order valence-electron chi connectivity index (χ2n) is 4.16. The molecule has 0 radical (unpaired) electrons. The van der Waals surface area contributed by atoms with Crippen LogP contribution in [0, 0.1) is 3.57 Å². The highest BCUT2D eigenvalue weighted by molar-refractivity contribution is 14.1. The maximum absolute atomic E-state index is 12.3. The summed E-state index contributed by atoms with van der Waals surface area (Å²) >= 11 is 2.00. The molecule has 1 heterocycles. The van der Waals surface area contributed by atoms with Crippen LogP contribution in [0.2, 0.25) is 0 Å². The Hall–Kier alpha value is -1.91. The molecule has 6 nitrogen and oxygen atoms in total. The Kier molecular flexibility index (Phi) is 5.16. The number of carbonyl (C=O) groups is 1. The van der Waals surface area contributed by atoms with Crippen LogP contribution >= 0.6 is 22.6 Å². The minimum Gasteiger partial charge on any atom is -0.493 e. The summed E-state index contributed by atoms with van der Waals surface area (Å²) in [5.74, 6) is -0.377. The normalized spacial score (nSPS) is 10.6. The summed E-state index contributed by atoms with van der Waals surface area (Å²) in [5.41, 5.74) is 0.785. The monoisotopic (exact) mass is 423 g/mol. The smallest absolute Gasteiger partial charge is 0.387 e. The molecule has 9 heteroatoms. The van der Waals surface area contributed by atoms with E-state index in [-0.39, 0.29) is 17.4 Å². The second kappa shape index (κ2) is 6.90. The highest BCUT2D eigenvalue weighted by Gasteiger charge is 2.17. The van der Waals surface area contributed by atoms with E-state index in [4.69, 9.17) is 4.74 Å². The maximum atomic E-state index is 12.3. The van der Waals surface area contributed by atoms with Crippen LogP contribution < -0.4 is 14.8 Å². The number of methoxy groups -OCH3 is 1. The third kappa shape index (κ3) is 3.64. The molecule has 0 bridgehead atoms. The van der Waals surface area contributed by atoms with Crippen molar-refractivity contribution in [3.8, 4) is 11.5 Å². The SMILES string of the molecule is COc1cc(NC(=O)c2c(I)cnn2C)ccc1OC(F)F. The van der Waals surface area contributed by atoms with Crippen molar-refractivity contribution >= 4 is 34.2 Å². The molecule has 22 heavy (non-hydrogen) atoms. The zero-order chi connectivity index (χ0) is 16.3. The van der Waals surface area contributed by atoms with Gasteiger partial charge < -0.3 is 14.8 Å². The third-order valence-electron chi connectivity index (χ3n) is 2.75. The van der Waals surface area contributed by atoms with Gasteiger partial charge in [0.2, 0.25) is 0 Å². The first-order valence-electron chi connectivity index (χ1n) is 6.04. The van der Waals surface area contributed by atoms with Crippen LogP contribution in [0.25, 0.3) is 0 Å². The van der Waals surface area contributed by atoms with E-state index in [0.717, 1.165) is 0 Å². The molecular weight excluding hydrogens is 411 g/mol. The Labute approximate surface area is 138 Å². The van der Waals surface area contributed by atoms with Crippen LogP contribution in [0.4, 0.5) is 14.5 Å². The number of nitrogens with one attached hydrogen (secondary N) is 1. The van der Waals surface area contributed by atoms with E-state index in [0.29, 0.717) is 15.0 Å². The van der Waals surface area contributed by atoms with Gasteiger partial charge in [-0.25, -0.2) is 0 Å². The predicted molar refractivity (Wildman–Crippen MR) is 83.5 cm³/mol. The third-order valence-corrected chi connectivity index (χ3v) is 3.54. The molecule has 2 aromatic rings. The molecule has 1 aromatic carbocycles. The fourth-order valence-corrected chi connectivity index (χ4v) is 2.51. The molecule has 0 saturated heterocycles. The summed E-state index contributed by atoms with van der Waals surface area (Å²) in [6.07, 6.45) is 1.57. The van der Waals surface area contributed by atoms with Crippen molar-refractivity contribution in [1.82, 2.24) is 9.78 Å². The number of aromatic nitrogens is 2. The van der Waals surface area contributed by atoms with Gasteiger partial charge in [-0.15, -0.1) is 0 Å². The summed E-state index contributed by atoms with van der Waals surface area (Å²) in [4.78, 5) is 12.2. The van der Waals surface area contributed by atoms with Crippen LogP contribution in [0.1, 0.15) is 10.5 Å². The molecular formula is C13H12F2IN3O3. The quantitative estimate of drug-likeness (QED) is 0.752. The maximum Gasteiger partial charge on any atom is 0.387 e. The average Bonchev–Trinajstić information content (AvgIpc) is 2.79. The van der Waals surface area contributed by atoms with Crippen LogP contribution in [0.15, 0.2) is 24.4 Å². The average molecular weight is 423 g/mol. The summed E-state index contributed by atoms with van der Waals surface area (Å²) in [7, 11) is 2.97. The molecule has 118 valence electrons. The molecule has 0 saturated carbocycles. The number of alkyl halides is 2. The van der Waals surface area contributed by atoms with Crippen molar-refractivity contribution in [3.63, 3.8) is 0 Å². The lowest BCUT2D eigenvalue weighted by atomic mass is 10.2. The molecule has 0 fully saturated rings. The molecule has 0 aliphatic rings. The number of carbonyl (C=O) groups excluding carboxylic acids is 1. The Morgan fingerprint density at radius 1 is 1.41 bits per heavy atom. The van der Waals surface area contributed by atoms with E-state index in [9.17, 15) is 13.6 Å². The van der Waals surface area contributed by atoms with Crippen molar-refractivity contribution in [3.05, 3.63) is 33.7 Å². The van der Waals surface area contributed by atoms with Crippen molar-refractivity contribution in [2.75, 3.05) is 12.4 Å². The van der Waals surface area contributed by atoms with Gasteiger partial charge >= 0.3 is 6.61 Å². The van der Waals surface area contributed by atoms with Crippen molar-refractivity contribution in [2.45, 2.75) is 6.61 Å². The Bertz CT molecular complexity index is 672. The number of ether oxygens (including phenoxy) is 2. The summed E-state index contributed by atoms with van der Waals surface area (Å²) < 4.78 is 36.0. The molecule has 0 unspecified atom stereocenters. The molecule has 0 atom stereocenters. The summed E-state index contributed by atoms with van der Waals surface area (Å²) in [6.45, 7) is -2.95. The molecule has 0 spiro atoms. The van der Waals surface area contributed by atoms with Crippen molar-refractivity contribution in [2.24, 2.45) is 7.05 Å². The van der Waals surface area contributed by atoms with E-state index in [1.165, 1.54) is 30.0 Å². The van der Waals surface area contributed by atoms with Gasteiger partial charge in [-0.3, -0.25) is 9.48 Å². The highest BCUT2D eigenvalue weighted by Crippen LogP contribution is 2.31. The molecule has 0 aliphatic carbocycles. The van der Waals surface area contributed by atoms with Gasteiger partial charge in [0.15, 0.2) is 11.5 Å². The van der Waals surface area contributed by atoms with Gasteiger partial charge in [0.25, 0.3) is 5.91 Å². The van der Waals surface area contributed by atoms with Crippen molar-refractivity contribution in [1.29, 1.82) is 0 Å². The lowest BCUT2D eigenvalue weighted by Gasteiger charge is -2.12. The number of aryl methyl sites for hydroxylation is 1. The molecule has 0 aliphatic heterocycles. The van der Waals surface area contributed by atoms with Crippen LogP contribution in [-0.2, 0) is 7.05 Å². The van der Waals surface area contributed by atoms with Crippen molar-refractivity contribution < 1.29 is 23.0 Å². The number of amides is 1. The first kappa shape index (κ1) is 16.5. The zero-order valence-electron chi connectivity index (χ0n) is 11.6. The number of hydrogen-bond acceptors (Lipinski definition) is 4. The lowest BCUT2D eigenvalue weighted by Crippen LogP contribution is -2.17. The van der Waals surface area contributed by atoms with E-state index >= 15 is 0 Å². The number of rotatable bonds is 5. The second-order valence-corrected chi connectivity index (χ2v) is 5.33. The topological polar surface area (TPSA) is 65.4 Å². The van der Waals surface area contributed by atoms with Gasteiger partial charge in [-0.05, 0) is 34.7 Å². The largest absolute Gasteiger partial charge is 0.493 e. The minimum absolute atomic E-state index is 0.0952. The van der Waals surface area contributed by atoms with E-state index in [1.54, 1.807) is 13.2 Å². The van der Waals surface area contributed by atoms with Crippen LogP contribution in [-0.4, -0.2) is 29.4 Å². The van der Waals surface area contributed by atoms with Gasteiger partial charge in [-0.1, -0.05) is 0 Å². The van der Waals surface area contributed by atoms with Gasteiger partial charge in [0.1, 0.15) is 5.69 Å².